The molecule has 0 bridgehead atoms. The molecule has 0 atom stereocenters. The first-order valence-corrected chi connectivity index (χ1v) is 6.68. The van der Waals surface area contributed by atoms with E-state index in [1.165, 1.54) is 12.1 Å². The molecule has 0 fully saturated rings. The number of halogens is 2. The van der Waals surface area contributed by atoms with Crippen molar-refractivity contribution in [2.45, 2.75) is 20.3 Å². The third-order valence-corrected chi connectivity index (χ3v) is 2.79. The second-order valence-corrected chi connectivity index (χ2v) is 4.65. The first-order valence-electron chi connectivity index (χ1n) is 6.31. The molecule has 0 aliphatic rings. The van der Waals surface area contributed by atoms with Gasteiger partial charge in [-0.25, -0.2) is 9.37 Å². The van der Waals surface area contributed by atoms with Crippen molar-refractivity contribution >= 4 is 17.4 Å². The average molecular weight is 296 g/mol. The number of benzene rings is 1. The molecule has 0 amide bonds. The number of aromatic nitrogens is 2. The molecular formula is C14H15ClFN3O. The van der Waals surface area contributed by atoms with Gasteiger partial charge in [0.15, 0.2) is 0 Å². The van der Waals surface area contributed by atoms with Crippen LogP contribution < -0.4 is 10.1 Å². The Kier molecular flexibility index (Phi) is 4.74. The monoisotopic (exact) mass is 295 g/mol. The van der Waals surface area contributed by atoms with E-state index in [1.807, 2.05) is 0 Å². The third kappa shape index (κ3) is 3.81. The number of rotatable bonds is 5. The fourth-order valence-corrected chi connectivity index (χ4v) is 1.71. The fraction of sp³-hybridized carbons (Fsp3) is 0.286. The van der Waals surface area contributed by atoms with Crippen LogP contribution in [0.25, 0.3) is 0 Å². The molecule has 0 spiro atoms. The summed E-state index contributed by atoms with van der Waals surface area (Å²) in [7, 11) is 0. The van der Waals surface area contributed by atoms with Crippen LogP contribution in [0.3, 0.4) is 0 Å². The SMILES string of the molecule is CCCNc1cc(Oc2ccc(Cl)c(F)c2)nc(C)n1. The number of hydrogen-bond donors (Lipinski definition) is 1. The minimum atomic E-state index is -0.528. The highest BCUT2D eigenvalue weighted by atomic mass is 35.5. The van der Waals surface area contributed by atoms with Crippen LogP contribution in [0.2, 0.25) is 5.02 Å². The average Bonchev–Trinajstić information content (AvgIpc) is 2.40. The Bertz CT molecular complexity index is 607. The number of nitrogens with one attached hydrogen (secondary N) is 1. The maximum Gasteiger partial charge on any atom is 0.224 e. The van der Waals surface area contributed by atoms with E-state index >= 15 is 0 Å². The molecule has 1 aromatic carbocycles. The highest BCUT2D eigenvalue weighted by Crippen LogP contribution is 2.25. The van der Waals surface area contributed by atoms with E-state index in [9.17, 15) is 4.39 Å². The molecule has 1 aromatic heterocycles. The normalized spacial score (nSPS) is 10.4. The zero-order valence-electron chi connectivity index (χ0n) is 11.3. The molecule has 0 aliphatic heterocycles. The fourth-order valence-electron chi connectivity index (χ4n) is 1.60. The van der Waals surface area contributed by atoms with Crippen LogP contribution in [0.4, 0.5) is 10.2 Å². The summed E-state index contributed by atoms with van der Waals surface area (Å²) in [6, 6.07) is 5.92. The molecule has 0 saturated carbocycles. The van der Waals surface area contributed by atoms with Gasteiger partial charge in [0, 0.05) is 18.7 Å². The van der Waals surface area contributed by atoms with Crippen LogP contribution in [-0.4, -0.2) is 16.5 Å². The summed E-state index contributed by atoms with van der Waals surface area (Å²) in [4.78, 5) is 8.41. The summed E-state index contributed by atoms with van der Waals surface area (Å²) in [6.45, 7) is 4.65. The number of ether oxygens (including phenoxy) is 1. The van der Waals surface area contributed by atoms with Crippen molar-refractivity contribution in [1.82, 2.24) is 9.97 Å². The predicted molar refractivity (Wildman–Crippen MR) is 77.0 cm³/mol. The van der Waals surface area contributed by atoms with Crippen LogP contribution in [0.15, 0.2) is 24.3 Å². The molecule has 1 heterocycles. The number of nitrogens with zero attached hydrogens (tertiary/aromatic N) is 2. The zero-order valence-corrected chi connectivity index (χ0v) is 12.0. The lowest BCUT2D eigenvalue weighted by Gasteiger charge is -2.09. The lowest BCUT2D eigenvalue weighted by Crippen LogP contribution is -2.04. The molecule has 6 heteroatoms. The van der Waals surface area contributed by atoms with Gasteiger partial charge in [-0.15, -0.1) is 0 Å². The molecule has 0 radical (unpaired) electrons. The Morgan fingerprint density at radius 2 is 2.10 bits per heavy atom. The van der Waals surface area contributed by atoms with Gasteiger partial charge in [0.05, 0.1) is 5.02 Å². The van der Waals surface area contributed by atoms with Gasteiger partial charge < -0.3 is 10.1 Å². The highest BCUT2D eigenvalue weighted by Gasteiger charge is 2.06. The molecule has 20 heavy (non-hydrogen) atoms. The Balaban J connectivity index is 2.19. The van der Waals surface area contributed by atoms with Crippen LogP contribution >= 0.6 is 11.6 Å². The van der Waals surface area contributed by atoms with E-state index in [1.54, 1.807) is 19.1 Å². The second kappa shape index (κ2) is 6.52. The zero-order chi connectivity index (χ0) is 14.5. The number of aryl methyl sites for hydroxylation is 1. The van der Waals surface area contributed by atoms with E-state index in [0.717, 1.165) is 13.0 Å². The van der Waals surface area contributed by atoms with Crippen LogP contribution in [0.1, 0.15) is 19.2 Å². The van der Waals surface area contributed by atoms with Crippen LogP contribution in [0, 0.1) is 12.7 Å². The summed E-state index contributed by atoms with van der Waals surface area (Å²) in [5.41, 5.74) is 0. The predicted octanol–water partition coefficient (Wildman–Crippen LogP) is 4.19. The van der Waals surface area contributed by atoms with Crippen molar-refractivity contribution < 1.29 is 9.13 Å². The van der Waals surface area contributed by atoms with E-state index < -0.39 is 5.82 Å². The largest absolute Gasteiger partial charge is 0.439 e. The highest BCUT2D eigenvalue weighted by molar-refractivity contribution is 6.30. The minimum Gasteiger partial charge on any atom is -0.439 e. The van der Waals surface area contributed by atoms with Crippen molar-refractivity contribution in [3.63, 3.8) is 0 Å². The molecule has 106 valence electrons. The minimum absolute atomic E-state index is 0.0570. The quantitative estimate of drug-likeness (QED) is 0.898. The Morgan fingerprint density at radius 3 is 2.80 bits per heavy atom. The van der Waals surface area contributed by atoms with Gasteiger partial charge in [-0.1, -0.05) is 18.5 Å². The summed E-state index contributed by atoms with van der Waals surface area (Å²) in [5, 5.41) is 3.21. The van der Waals surface area contributed by atoms with Crippen molar-refractivity contribution in [2.75, 3.05) is 11.9 Å². The topological polar surface area (TPSA) is 47.0 Å². The van der Waals surface area contributed by atoms with Crippen LogP contribution in [-0.2, 0) is 0 Å². The summed E-state index contributed by atoms with van der Waals surface area (Å²) in [5.74, 6) is 1.43. The van der Waals surface area contributed by atoms with Gasteiger partial charge in [-0.05, 0) is 25.5 Å². The van der Waals surface area contributed by atoms with Gasteiger partial charge in [-0.3, -0.25) is 0 Å². The molecule has 0 aliphatic carbocycles. The van der Waals surface area contributed by atoms with E-state index in [4.69, 9.17) is 16.3 Å². The van der Waals surface area contributed by atoms with Crippen molar-refractivity contribution in [3.8, 4) is 11.6 Å². The van der Waals surface area contributed by atoms with Gasteiger partial charge in [0.2, 0.25) is 5.88 Å². The third-order valence-electron chi connectivity index (χ3n) is 2.48. The number of hydrogen-bond acceptors (Lipinski definition) is 4. The molecule has 0 saturated heterocycles. The standard InChI is InChI=1S/C14H15ClFN3O/c1-3-6-17-13-8-14(19-9(2)18-13)20-10-4-5-11(15)12(16)7-10/h4-5,7-8H,3,6H2,1-2H3,(H,17,18,19). The molecule has 4 nitrogen and oxygen atoms in total. The molecule has 1 N–H and O–H groups in total. The molecule has 2 aromatic rings. The first kappa shape index (κ1) is 14.5. The summed E-state index contributed by atoms with van der Waals surface area (Å²) in [6.07, 6.45) is 0.988. The Labute approximate surface area is 122 Å². The maximum absolute atomic E-state index is 13.4. The molecular weight excluding hydrogens is 281 g/mol. The van der Waals surface area contributed by atoms with Gasteiger partial charge >= 0.3 is 0 Å². The van der Waals surface area contributed by atoms with Crippen molar-refractivity contribution in [1.29, 1.82) is 0 Å². The smallest absolute Gasteiger partial charge is 0.224 e. The van der Waals surface area contributed by atoms with E-state index in [-0.39, 0.29) is 5.02 Å². The van der Waals surface area contributed by atoms with Crippen molar-refractivity contribution in [2.24, 2.45) is 0 Å². The summed E-state index contributed by atoms with van der Waals surface area (Å²) >= 11 is 5.63. The first-order chi connectivity index (χ1) is 9.58. The van der Waals surface area contributed by atoms with E-state index in [0.29, 0.717) is 23.3 Å². The van der Waals surface area contributed by atoms with Crippen molar-refractivity contribution in [3.05, 3.63) is 40.9 Å². The van der Waals surface area contributed by atoms with Gasteiger partial charge in [0.25, 0.3) is 0 Å². The van der Waals surface area contributed by atoms with E-state index in [2.05, 4.69) is 22.2 Å². The lowest BCUT2D eigenvalue weighted by atomic mass is 10.3. The Hall–Kier alpha value is -1.88. The lowest BCUT2D eigenvalue weighted by molar-refractivity contribution is 0.455. The number of anilines is 1. The second-order valence-electron chi connectivity index (χ2n) is 4.24. The van der Waals surface area contributed by atoms with Gasteiger partial charge in [-0.2, -0.15) is 4.98 Å². The van der Waals surface area contributed by atoms with Crippen LogP contribution in [0.5, 0.6) is 11.6 Å². The molecule has 2 rings (SSSR count). The maximum atomic E-state index is 13.4. The van der Waals surface area contributed by atoms with Gasteiger partial charge in [0.1, 0.15) is 23.2 Å². The summed E-state index contributed by atoms with van der Waals surface area (Å²) < 4.78 is 18.9. The Morgan fingerprint density at radius 1 is 1.30 bits per heavy atom. The molecule has 0 unspecified atom stereocenters.